The Morgan fingerprint density at radius 1 is 1.33 bits per heavy atom. The van der Waals surface area contributed by atoms with E-state index in [9.17, 15) is 4.79 Å². The van der Waals surface area contributed by atoms with E-state index in [-0.39, 0.29) is 11.4 Å². The van der Waals surface area contributed by atoms with Crippen LogP contribution in [0.4, 0.5) is 0 Å². The van der Waals surface area contributed by atoms with Gasteiger partial charge in [-0.1, -0.05) is 0 Å². The lowest BCUT2D eigenvalue weighted by molar-refractivity contribution is 0.0212. The van der Waals surface area contributed by atoms with Crippen LogP contribution in [0.25, 0.3) is 0 Å². The molecule has 0 fully saturated rings. The minimum atomic E-state index is -0.331. The number of Topliss-reactive ketones (excluding diaryl/α,β-unsaturated/α-hetero) is 1. The van der Waals surface area contributed by atoms with Crippen molar-refractivity contribution in [2.45, 2.75) is 26.4 Å². The first kappa shape index (κ1) is 10.0. The minimum Gasteiger partial charge on any atom is -0.486 e. The Morgan fingerprint density at radius 2 is 2.07 bits per heavy atom. The molecule has 0 atom stereocenters. The fourth-order valence-electron chi connectivity index (χ4n) is 1.50. The Morgan fingerprint density at radius 3 is 2.73 bits per heavy atom. The second kappa shape index (κ2) is 3.26. The minimum absolute atomic E-state index is 0.0322. The number of carbonyl (C=O) groups excluding carboxylic acids is 1. The molecule has 1 aliphatic heterocycles. The first-order valence-electron chi connectivity index (χ1n) is 4.95. The van der Waals surface area contributed by atoms with Crippen LogP contribution < -0.4 is 9.47 Å². The highest BCUT2D eigenvalue weighted by Crippen LogP contribution is 2.35. The van der Waals surface area contributed by atoms with E-state index in [1.54, 1.807) is 18.2 Å². The lowest BCUT2D eigenvalue weighted by Gasteiger charge is -2.32. The van der Waals surface area contributed by atoms with Crippen molar-refractivity contribution in [3.63, 3.8) is 0 Å². The molecule has 1 heterocycles. The lowest BCUT2D eigenvalue weighted by atomic mass is 10.1. The fourth-order valence-corrected chi connectivity index (χ4v) is 1.50. The zero-order valence-corrected chi connectivity index (χ0v) is 9.16. The first-order chi connectivity index (χ1) is 6.98. The quantitative estimate of drug-likeness (QED) is 0.662. The van der Waals surface area contributed by atoms with Crippen LogP contribution in [-0.4, -0.2) is 18.0 Å². The molecular formula is C12H14O3. The molecule has 0 unspecified atom stereocenters. The van der Waals surface area contributed by atoms with Gasteiger partial charge in [0.1, 0.15) is 12.2 Å². The lowest BCUT2D eigenvalue weighted by Crippen LogP contribution is -2.38. The molecule has 0 radical (unpaired) electrons. The van der Waals surface area contributed by atoms with Crippen LogP contribution in [0.15, 0.2) is 18.2 Å². The summed E-state index contributed by atoms with van der Waals surface area (Å²) in [5.74, 6) is 1.39. The van der Waals surface area contributed by atoms with Crippen LogP contribution in [0.5, 0.6) is 11.5 Å². The van der Waals surface area contributed by atoms with Crippen LogP contribution in [0, 0.1) is 0 Å². The summed E-state index contributed by atoms with van der Waals surface area (Å²) in [6.07, 6.45) is 0. The molecule has 3 heteroatoms. The molecule has 80 valence electrons. The van der Waals surface area contributed by atoms with Gasteiger partial charge in [-0.3, -0.25) is 4.79 Å². The van der Waals surface area contributed by atoms with Crippen molar-refractivity contribution in [1.82, 2.24) is 0 Å². The largest absolute Gasteiger partial charge is 0.486 e. The third-order valence-electron chi connectivity index (χ3n) is 2.31. The zero-order chi connectivity index (χ0) is 11.1. The molecule has 0 aromatic heterocycles. The van der Waals surface area contributed by atoms with Gasteiger partial charge in [0, 0.05) is 5.56 Å². The van der Waals surface area contributed by atoms with Crippen LogP contribution in [0.2, 0.25) is 0 Å². The smallest absolute Gasteiger partial charge is 0.162 e. The van der Waals surface area contributed by atoms with Crippen LogP contribution in [-0.2, 0) is 0 Å². The van der Waals surface area contributed by atoms with Gasteiger partial charge in [-0.2, -0.15) is 0 Å². The van der Waals surface area contributed by atoms with Gasteiger partial charge < -0.3 is 9.47 Å². The normalized spacial score (nSPS) is 17.3. The molecule has 0 bridgehead atoms. The molecular weight excluding hydrogens is 192 g/mol. The van der Waals surface area contributed by atoms with Crippen molar-refractivity contribution in [2.75, 3.05) is 6.61 Å². The van der Waals surface area contributed by atoms with Gasteiger partial charge >= 0.3 is 0 Å². The summed E-state index contributed by atoms with van der Waals surface area (Å²) in [5, 5.41) is 0. The molecule has 1 aromatic carbocycles. The van der Waals surface area contributed by atoms with E-state index >= 15 is 0 Å². The molecule has 3 nitrogen and oxygen atoms in total. The van der Waals surface area contributed by atoms with E-state index in [1.807, 2.05) is 13.8 Å². The maximum absolute atomic E-state index is 11.2. The Balaban J connectivity index is 2.39. The Kier molecular flexibility index (Phi) is 2.18. The molecule has 2 rings (SSSR count). The highest BCUT2D eigenvalue weighted by molar-refractivity contribution is 5.94. The van der Waals surface area contributed by atoms with Crippen LogP contribution in [0.3, 0.4) is 0 Å². The standard InChI is InChI=1S/C12H14O3/c1-8(13)9-4-5-10-11(6-9)15-12(2,3)7-14-10/h4-6H,7H2,1-3H3. The van der Waals surface area contributed by atoms with Gasteiger partial charge in [-0.05, 0) is 39.0 Å². The maximum atomic E-state index is 11.2. The number of hydrogen-bond donors (Lipinski definition) is 0. The Labute approximate surface area is 89.0 Å². The molecule has 0 aliphatic carbocycles. The summed E-state index contributed by atoms with van der Waals surface area (Å²) in [6, 6.07) is 5.27. The number of ketones is 1. The highest BCUT2D eigenvalue weighted by Gasteiger charge is 2.28. The van der Waals surface area contributed by atoms with E-state index < -0.39 is 0 Å². The molecule has 1 aromatic rings. The fraction of sp³-hybridized carbons (Fsp3) is 0.417. The monoisotopic (exact) mass is 206 g/mol. The van der Waals surface area contributed by atoms with Crippen LogP contribution >= 0.6 is 0 Å². The number of hydrogen-bond acceptors (Lipinski definition) is 3. The van der Waals surface area contributed by atoms with Gasteiger partial charge in [-0.25, -0.2) is 0 Å². The number of carbonyl (C=O) groups is 1. The summed E-state index contributed by atoms with van der Waals surface area (Å²) in [7, 11) is 0. The third-order valence-corrected chi connectivity index (χ3v) is 2.31. The van der Waals surface area contributed by atoms with Crippen molar-refractivity contribution in [1.29, 1.82) is 0 Å². The first-order valence-corrected chi connectivity index (χ1v) is 4.95. The molecule has 0 saturated carbocycles. The Bertz CT molecular complexity index is 407. The number of rotatable bonds is 1. The highest BCUT2D eigenvalue weighted by atomic mass is 16.6. The number of benzene rings is 1. The van der Waals surface area contributed by atoms with Gasteiger partial charge in [0.2, 0.25) is 0 Å². The van der Waals surface area contributed by atoms with Crippen molar-refractivity contribution in [3.05, 3.63) is 23.8 Å². The topological polar surface area (TPSA) is 35.5 Å². The zero-order valence-electron chi connectivity index (χ0n) is 9.16. The van der Waals surface area contributed by atoms with E-state index in [2.05, 4.69) is 0 Å². The molecule has 15 heavy (non-hydrogen) atoms. The average molecular weight is 206 g/mol. The average Bonchev–Trinajstić information content (AvgIpc) is 2.15. The second-order valence-corrected chi connectivity index (χ2v) is 4.37. The van der Waals surface area contributed by atoms with Crippen molar-refractivity contribution < 1.29 is 14.3 Å². The molecule has 0 saturated heterocycles. The third kappa shape index (κ3) is 1.96. The predicted molar refractivity (Wildman–Crippen MR) is 56.6 cm³/mol. The SMILES string of the molecule is CC(=O)c1ccc2c(c1)OC(C)(C)CO2. The van der Waals surface area contributed by atoms with E-state index in [1.165, 1.54) is 6.92 Å². The molecule has 0 amide bonds. The van der Waals surface area contributed by atoms with Gasteiger partial charge in [0.05, 0.1) is 0 Å². The summed E-state index contributed by atoms with van der Waals surface area (Å²) >= 11 is 0. The number of fused-ring (bicyclic) bond motifs is 1. The van der Waals surface area contributed by atoms with Crippen LogP contribution in [0.1, 0.15) is 31.1 Å². The summed E-state index contributed by atoms with van der Waals surface area (Å²) in [6.45, 7) is 5.97. The van der Waals surface area contributed by atoms with Gasteiger partial charge in [0.15, 0.2) is 17.3 Å². The summed E-state index contributed by atoms with van der Waals surface area (Å²) < 4.78 is 11.3. The molecule has 0 spiro atoms. The van der Waals surface area contributed by atoms with E-state index in [4.69, 9.17) is 9.47 Å². The summed E-state index contributed by atoms with van der Waals surface area (Å²) in [4.78, 5) is 11.2. The van der Waals surface area contributed by atoms with Gasteiger partial charge in [-0.15, -0.1) is 0 Å². The van der Waals surface area contributed by atoms with Crippen molar-refractivity contribution in [3.8, 4) is 11.5 Å². The van der Waals surface area contributed by atoms with E-state index in [0.29, 0.717) is 23.7 Å². The molecule has 1 aliphatic rings. The maximum Gasteiger partial charge on any atom is 0.162 e. The Hall–Kier alpha value is -1.51. The second-order valence-electron chi connectivity index (χ2n) is 4.37. The molecule has 0 N–H and O–H groups in total. The van der Waals surface area contributed by atoms with Gasteiger partial charge in [0.25, 0.3) is 0 Å². The van der Waals surface area contributed by atoms with Crippen molar-refractivity contribution in [2.24, 2.45) is 0 Å². The predicted octanol–water partition coefficient (Wildman–Crippen LogP) is 2.44. The number of ether oxygens (including phenoxy) is 2. The summed E-state index contributed by atoms with van der Waals surface area (Å²) in [5.41, 5.74) is 0.317. The van der Waals surface area contributed by atoms with E-state index in [0.717, 1.165) is 0 Å². The van der Waals surface area contributed by atoms with Crippen molar-refractivity contribution >= 4 is 5.78 Å².